The van der Waals surface area contributed by atoms with Crippen LogP contribution in [0.4, 0.5) is 13.9 Å². The van der Waals surface area contributed by atoms with E-state index in [1.807, 2.05) is 0 Å². The Bertz CT molecular complexity index is 1050. The van der Waals surface area contributed by atoms with Crippen LogP contribution >= 0.6 is 11.3 Å². The second-order valence-electron chi connectivity index (χ2n) is 5.97. The Morgan fingerprint density at radius 3 is 2.68 bits per heavy atom. The lowest BCUT2D eigenvalue weighted by molar-refractivity contribution is -0.115. The fraction of sp³-hybridized carbons (Fsp3) is 0.150. The van der Waals surface area contributed by atoms with Crippen LogP contribution in [0.1, 0.15) is 22.8 Å². The number of ether oxygens (including phenoxy) is 1. The van der Waals surface area contributed by atoms with Crippen LogP contribution in [-0.4, -0.2) is 23.8 Å². The molecule has 1 N–H and O–H groups in total. The Kier molecular flexibility index (Phi) is 5.79. The number of anilines is 1. The summed E-state index contributed by atoms with van der Waals surface area (Å²) in [6.07, 6.45) is -0.0342. The predicted octanol–water partition coefficient (Wildman–Crippen LogP) is 4.48. The van der Waals surface area contributed by atoms with Gasteiger partial charge in [-0.3, -0.25) is 9.59 Å². The van der Waals surface area contributed by atoms with Crippen LogP contribution in [0.15, 0.2) is 41.8 Å². The minimum absolute atomic E-state index is 0.0209. The normalized spacial score (nSPS) is 10.6. The van der Waals surface area contributed by atoms with E-state index in [0.29, 0.717) is 16.9 Å². The van der Waals surface area contributed by atoms with Gasteiger partial charge >= 0.3 is 0 Å². The van der Waals surface area contributed by atoms with Gasteiger partial charge in [0.2, 0.25) is 5.91 Å². The molecule has 144 valence electrons. The summed E-state index contributed by atoms with van der Waals surface area (Å²) < 4.78 is 32.5. The molecule has 0 saturated heterocycles. The lowest BCUT2D eigenvalue weighted by atomic mass is 10.0. The van der Waals surface area contributed by atoms with Gasteiger partial charge < -0.3 is 10.1 Å². The highest BCUT2D eigenvalue weighted by atomic mass is 32.1. The van der Waals surface area contributed by atoms with Crippen molar-refractivity contribution in [3.05, 3.63) is 64.5 Å². The molecule has 0 fully saturated rings. The lowest BCUT2D eigenvalue weighted by Crippen LogP contribution is -2.15. The molecule has 0 aliphatic rings. The molecule has 1 aromatic heterocycles. The third-order valence-corrected chi connectivity index (χ3v) is 4.75. The average molecular weight is 402 g/mol. The number of benzene rings is 2. The predicted molar refractivity (Wildman–Crippen MR) is 103 cm³/mol. The molecule has 0 radical (unpaired) electrons. The molecule has 0 saturated carbocycles. The Hall–Kier alpha value is -3.13. The maximum Gasteiger partial charge on any atom is 0.230 e. The molecular formula is C20H16F2N2O3S. The second kappa shape index (κ2) is 8.26. The van der Waals surface area contributed by atoms with Crippen molar-refractivity contribution in [2.45, 2.75) is 13.3 Å². The van der Waals surface area contributed by atoms with Crippen molar-refractivity contribution < 1.29 is 23.1 Å². The molecule has 0 spiro atoms. The van der Waals surface area contributed by atoms with Crippen molar-refractivity contribution in [1.29, 1.82) is 0 Å². The Morgan fingerprint density at radius 2 is 1.96 bits per heavy atom. The van der Waals surface area contributed by atoms with Gasteiger partial charge in [-0.15, -0.1) is 11.3 Å². The summed E-state index contributed by atoms with van der Waals surface area (Å²) >= 11 is 1.10. The molecule has 1 amide bonds. The van der Waals surface area contributed by atoms with Crippen molar-refractivity contribution in [3.63, 3.8) is 0 Å². The quantitative estimate of drug-likeness (QED) is 0.618. The molecule has 0 bridgehead atoms. The molecule has 1 heterocycles. The number of thiazole rings is 1. The number of methoxy groups -OCH3 is 1. The zero-order chi connectivity index (χ0) is 20.3. The number of nitrogens with zero attached hydrogens (tertiary/aromatic N) is 1. The molecule has 0 unspecified atom stereocenters. The zero-order valence-electron chi connectivity index (χ0n) is 15.1. The summed E-state index contributed by atoms with van der Waals surface area (Å²) in [7, 11) is 1.48. The number of hydrogen-bond acceptors (Lipinski definition) is 5. The monoisotopic (exact) mass is 402 g/mol. The largest absolute Gasteiger partial charge is 0.496 e. The van der Waals surface area contributed by atoms with Crippen LogP contribution < -0.4 is 10.1 Å². The zero-order valence-corrected chi connectivity index (χ0v) is 15.9. The molecule has 3 aromatic rings. The molecule has 3 rings (SSSR count). The van der Waals surface area contributed by atoms with Crippen molar-refractivity contribution in [3.8, 4) is 17.0 Å². The van der Waals surface area contributed by atoms with Gasteiger partial charge in [0.25, 0.3) is 0 Å². The van der Waals surface area contributed by atoms with Crippen LogP contribution in [0, 0.1) is 11.6 Å². The van der Waals surface area contributed by atoms with Crippen molar-refractivity contribution >= 4 is 28.2 Å². The molecule has 8 heteroatoms. The number of aromatic nitrogens is 1. The van der Waals surface area contributed by atoms with E-state index in [1.54, 1.807) is 18.2 Å². The van der Waals surface area contributed by atoms with Gasteiger partial charge in [-0.1, -0.05) is 0 Å². The van der Waals surface area contributed by atoms with Crippen molar-refractivity contribution in [1.82, 2.24) is 4.98 Å². The van der Waals surface area contributed by atoms with Gasteiger partial charge in [0, 0.05) is 22.1 Å². The highest BCUT2D eigenvalue weighted by Gasteiger charge is 2.15. The lowest BCUT2D eigenvalue weighted by Gasteiger charge is -2.09. The van der Waals surface area contributed by atoms with Crippen molar-refractivity contribution in [2.75, 3.05) is 12.4 Å². The number of amides is 1. The van der Waals surface area contributed by atoms with Crippen LogP contribution in [0.3, 0.4) is 0 Å². The summed E-state index contributed by atoms with van der Waals surface area (Å²) in [5.41, 5.74) is 1.28. The molecule has 28 heavy (non-hydrogen) atoms. The second-order valence-corrected chi connectivity index (χ2v) is 6.83. The summed E-state index contributed by atoms with van der Waals surface area (Å²) in [4.78, 5) is 28.1. The molecule has 0 aliphatic heterocycles. The fourth-order valence-corrected chi connectivity index (χ4v) is 3.35. The van der Waals surface area contributed by atoms with E-state index in [9.17, 15) is 18.4 Å². The Morgan fingerprint density at radius 1 is 1.18 bits per heavy atom. The van der Waals surface area contributed by atoms with Gasteiger partial charge in [0.15, 0.2) is 10.9 Å². The third kappa shape index (κ3) is 4.40. The van der Waals surface area contributed by atoms with Gasteiger partial charge in [-0.05, 0) is 43.3 Å². The van der Waals surface area contributed by atoms with Crippen LogP contribution in [0.2, 0.25) is 0 Å². The number of Topliss-reactive ketones (excluding diaryl/α,β-unsaturated/α-hetero) is 1. The van der Waals surface area contributed by atoms with Crippen LogP contribution in [0.25, 0.3) is 11.3 Å². The molecule has 2 aromatic carbocycles. The number of halogens is 2. The minimum Gasteiger partial charge on any atom is -0.496 e. The number of nitrogens with one attached hydrogen (secondary N) is 1. The van der Waals surface area contributed by atoms with E-state index in [0.717, 1.165) is 29.5 Å². The average Bonchev–Trinajstić information content (AvgIpc) is 3.11. The van der Waals surface area contributed by atoms with E-state index < -0.39 is 11.6 Å². The number of hydrogen-bond donors (Lipinski definition) is 1. The maximum atomic E-state index is 13.9. The van der Waals surface area contributed by atoms with E-state index >= 15 is 0 Å². The van der Waals surface area contributed by atoms with E-state index in [2.05, 4.69) is 10.3 Å². The van der Waals surface area contributed by atoms with Crippen LogP contribution in [-0.2, 0) is 11.2 Å². The first kappa shape index (κ1) is 19.6. The SMILES string of the molecule is COc1ccc(C(C)=O)cc1CC(=O)Nc1nc(-c2cc(F)ccc2F)cs1. The Balaban J connectivity index is 1.76. The standard InChI is InChI=1S/C20H16F2N2O3S/c1-11(25)12-3-6-18(27-2)13(7-12)8-19(26)24-20-23-17(10-28-20)15-9-14(21)4-5-16(15)22/h3-7,9-10H,8H2,1-2H3,(H,23,24,26). The van der Waals surface area contributed by atoms with E-state index in [4.69, 9.17) is 4.74 Å². The number of carbonyl (C=O) groups excluding carboxylic acids is 2. The van der Waals surface area contributed by atoms with E-state index in [-0.39, 0.29) is 34.5 Å². The highest BCUT2D eigenvalue weighted by Crippen LogP contribution is 2.28. The first-order chi connectivity index (χ1) is 13.4. The van der Waals surface area contributed by atoms with Gasteiger partial charge in [-0.2, -0.15) is 0 Å². The summed E-state index contributed by atoms with van der Waals surface area (Å²) in [5.74, 6) is -1.18. The fourth-order valence-electron chi connectivity index (χ4n) is 2.62. The van der Waals surface area contributed by atoms with Gasteiger partial charge in [-0.25, -0.2) is 13.8 Å². The maximum absolute atomic E-state index is 13.9. The molecule has 0 aliphatic carbocycles. The smallest absolute Gasteiger partial charge is 0.230 e. The summed E-state index contributed by atoms with van der Waals surface area (Å²) in [5, 5.41) is 4.41. The first-order valence-electron chi connectivity index (χ1n) is 8.26. The third-order valence-electron chi connectivity index (χ3n) is 3.99. The summed E-state index contributed by atoms with van der Waals surface area (Å²) in [6, 6.07) is 7.97. The van der Waals surface area contributed by atoms with E-state index in [1.165, 1.54) is 19.4 Å². The Labute approximate surface area is 164 Å². The van der Waals surface area contributed by atoms with Crippen molar-refractivity contribution in [2.24, 2.45) is 0 Å². The number of rotatable bonds is 6. The first-order valence-corrected chi connectivity index (χ1v) is 9.14. The number of ketones is 1. The summed E-state index contributed by atoms with van der Waals surface area (Å²) in [6.45, 7) is 1.44. The molecule has 5 nitrogen and oxygen atoms in total. The van der Waals surface area contributed by atoms with Crippen LogP contribution in [0.5, 0.6) is 5.75 Å². The topological polar surface area (TPSA) is 68.3 Å². The molecule has 0 atom stereocenters. The van der Waals surface area contributed by atoms with Gasteiger partial charge in [0.05, 0.1) is 19.2 Å². The highest BCUT2D eigenvalue weighted by molar-refractivity contribution is 7.14. The number of carbonyl (C=O) groups is 2. The molecular weight excluding hydrogens is 386 g/mol. The minimum atomic E-state index is -0.602. The van der Waals surface area contributed by atoms with Gasteiger partial charge in [0.1, 0.15) is 17.4 Å².